The third-order valence-electron chi connectivity index (χ3n) is 3.79. The van der Waals surface area contributed by atoms with E-state index in [1.807, 2.05) is 31.7 Å². The smallest absolute Gasteiger partial charge is 0.267 e. The summed E-state index contributed by atoms with van der Waals surface area (Å²) >= 11 is 0. The fraction of sp³-hybridized carbons (Fsp3) is 0.562. The van der Waals surface area contributed by atoms with Crippen molar-refractivity contribution in [2.45, 2.75) is 27.2 Å². The molecule has 0 aliphatic carbocycles. The lowest BCUT2D eigenvalue weighted by molar-refractivity contribution is -0.139. The third kappa shape index (κ3) is 3.75. The third-order valence-corrected chi connectivity index (χ3v) is 3.79. The highest BCUT2D eigenvalue weighted by Crippen LogP contribution is 2.21. The maximum Gasteiger partial charge on any atom is 0.267 e. The Labute approximate surface area is 131 Å². The van der Waals surface area contributed by atoms with Crippen LogP contribution in [0.5, 0.6) is 0 Å². The minimum Gasteiger partial charge on any atom is -0.370 e. The van der Waals surface area contributed by atoms with Gasteiger partial charge in [0.15, 0.2) is 0 Å². The summed E-state index contributed by atoms with van der Waals surface area (Å²) < 4.78 is 0. The van der Waals surface area contributed by atoms with Crippen LogP contribution in [0.4, 0.5) is 5.69 Å². The summed E-state index contributed by atoms with van der Waals surface area (Å²) in [5.41, 5.74) is 6.12. The van der Waals surface area contributed by atoms with Crippen LogP contribution in [0.15, 0.2) is 18.3 Å². The van der Waals surface area contributed by atoms with Gasteiger partial charge in [-0.25, -0.2) is 0 Å². The van der Waals surface area contributed by atoms with Crippen molar-refractivity contribution in [3.8, 4) is 0 Å². The van der Waals surface area contributed by atoms with Gasteiger partial charge in [-0.05, 0) is 18.6 Å². The highest BCUT2D eigenvalue weighted by atomic mass is 16.2. The molecule has 1 fully saturated rings. The lowest BCUT2D eigenvalue weighted by atomic mass is 9.94. The first-order valence-electron chi connectivity index (χ1n) is 7.59. The van der Waals surface area contributed by atoms with Gasteiger partial charge in [0, 0.05) is 43.5 Å². The summed E-state index contributed by atoms with van der Waals surface area (Å²) in [4.78, 5) is 31.7. The lowest BCUT2D eigenvalue weighted by Crippen LogP contribution is -2.41. The van der Waals surface area contributed by atoms with Crippen LogP contribution in [0.2, 0.25) is 0 Å². The summed E-state index contributed by atoms with van der Waals surface area (Å²) in [7, 11) is 0. The van der Waals surface area contributed by atoms with Crippen molar-refractivity contribution < 1.29 is 9.59 Å². The molecule has 2 heterocycles. The van der Waals surface area contributed by atoms with Crippen molar-refractivity contribution in [3.05, 3.63) is 24.0 Å². The van der Waals surface area contributed by atoms with Crippen molar-refractivity contribution >= 4 is 17.5 Å². The van der Waals surface area contributed by atoms with Gasteiger partial charge in [0.25, 0.3) is 5.91 Å². The second-order valence-electron chi connectivity index (χ2n) is 6.65. The molecule has 0 radical (unpaired) electrons. The van der Waals surface area contributed by atoms with Crippen LogP contribution in [0.1, 0.15) is 37.7 Å². The largest absolute Gasteiger partial charge is 0.370 e. The van der Waals surface area contributed by atoms with Gasteiger partial charge in [-0.1, -0.05) is 20.8 Å². The molecular weight excluding hydrogens is 280 g/mol. The molecule has 1 aromatic rings. The Morgan fingerprint density at radius 1 is 1.18 bits per heavy atom. The molecule has 2 amide bonds. The zero-order valence-corrected chi connectivity index (χ0v) is 13.5. The highest BCUT2D eigenvalue weighted by molar-refractivity contribution is 5.91. The van der Waals surface area contributed by atoms with Crippen molar-refractivity contribution in [1.29, 1.82) is 0 Å². The lowest BCUT2D eigenvalue weighted by Gasteiger charge is -2.28. The topological polar surface area (TPSA) is 79.5 Å². The first kappa shape index (κ1) is 16.3. The van der Waals surface area contributed by atoms with Crippen LogP contribution in [0.3, 0.4) is 0 Å². The van der Waals surface area contributed by atoms with E-state index in [1.165, 1.54) is 0 Å². The number of hydrogen-bond acceptors (Lipinski definition) is 4. The van der Waals surface area contributed by atoms with Crippen LogP contribution < -0.4 is 10.6 Å². The summed E-state index contributed by atoms with van der Waals surface area (Å²) in [6.45, 7) is 8.87. The van der Waals surface area contributed by atoms with Gasteiger partial charge in [-0.3, -0.25) is 14.6 Å². The highest BCUT2D eigenvalue weighted by Gasteiger charge is 2.28. The van der Waals surface area contributed by atoms with Crippen molar-refractivity contribution in [2.24, 2.45) is 11.1 Å². The van der Waals surface area contributed by atoms with E-state index in [9.17, 15) is 9.59 Å². The second-order valence-corrected chi connectivity index (χ2v) is 6.65. The van der Waals surface area contributed by atoms with Crippen LogP contribution in [0, 0.1) is 5.41 Å². The van der Waals surface area contributed by atoms with E-state index in [2.05, 4.69) is 9.88 Å². The molecule has 1 aliphatic heterocycles. The Balaban J connectivity index is 2.09. The maximum atomic E-state index is 12.4. The molecule has 0 spiro atoms. The van der Waals surface area contributed by atoms with E-state index in [4.69, 9.17) is 5.73 Å². The van der Waals surface area contributed by atoms with E-state index in [-0.39, 0.29) is 17.0 Å². The molecule has 120 valence electrons. The molecule has 0 saturated carbocycles. The van der Waals surface area contributed by atoms with E-state index >= 15 is 0 Å². The van der Waals surface area contributed by atoms with Crippen molar-refractivity contribution in [3.63, 3.8) is 0 Å². The zero-order chi connectivity index (χ0) is 16.3. The Kier molecular flexibility index (Phi) is 4.68. The fourth-order valence-corrected chi connectivity index (χ4v) is 2.60. The molecule has 6 heteroatoms. The van der Waals surface area contributed by atoms with Gasteiger partial charge in [0.1, 0.15) is 5.69 Å². The molecule has 1 saturated heterocycles. The van der Waals surface area contributed by atoms with Crippen LogP contribution in [-0.2, 0) is 4.79 Å². The van der Waals surface area contributed by atoms with Crippen LogP contribution in [0.25, 0.3) is 0 Å². The van der Waals surface area contributed by atoms with E-state index < -0.39 is 5.91 Å². The van der Waals surface area contributed by atoms with Gasteiger partial charge in [-0.15, -0.1) is 0 Å². The number of hydrogen-bond donors (Lipinski definition) is 1. The number of aromatic nitrogens is 1. The average molecular weight is 304 g/mol. The van der Waals surface area contributed by atoms with E-state index in [0.29, 0.717) is 6.54 Å². The number of rotatable bonds is 2. The monoisotopic (exact) mass is 304 g/mol. The molecule has 0 aromatic carbocycles. The van der Waals surface area contributed by atoms with Crippen molar-refractivity contribution in [2.75, 3.05) is 31.1 Å². The Morgan fingerprint density at radius 2 is 1.91 bits per heavy atom. The molecule has 0 atom stereocenters. The molecule has 0 bridgehead atoms. The Hall–Kier alpha value is -2.11. The summed E-state index contributed by atoms with van der Waals surface area (Å²) in [6.07, 6.45) is 2.49. The number of amides is 2. The average Bonchev–Trinajstić information content (AvgIpc) is 2.71. The van der Waals surface area contributed by atoms with Gasteiger partial charge >= 0.3 is 0 Å². The molecule has 6 nitrogen and oxygen atoms in total. The Morgan fingerprint density at radius 3 is 2.55 bits per heavy atom. The van der Waals surface area contributed by atoms with E-state index in [0.717, 1.165) is 31.7 Å². The number of carbonyl (C=O) groups excluding carboxylic acids is 2. The maximum absolute atomic E-state index is 12.4. The minimum absolute atomic E-state index is 0.182. The van der Waals surface area contributed by atoms with Crippen molar-refractivity contribution in [1.82, 2.24) is 9.88 Å². The first-order valence-corrected chi connectivity index (χ1v) is 7.59. The number of primary amides is 1. The standard InChI is InChI=1S/C16H24N4O2/c1-16(2,3)15(22)20-8-4-7-19(9-10-20)12-5-6-18-13(11-12)14(17)21/h5-6,11H,4,7-10H2,1-3H3,(H2,17,21). The zero-order valence-electron chi connectivity index (χ0n) is 13.5. The van der Waals surface area contributed by atoms with Crippen LogP contribution in [-0.4, -0.2) is 47.9 Å². The molecule has 2 N–H and O–H groups in total. The molecule has 2 rings (SSSR count). The summed E-state index contributed by atoms with van der Waals surface area (Å²) in [5.74, 6) is -0.344. The van der Waals surface area contributed by atoms with Gasteiger partial charge in [-0.2, -0.15) is 0 Å². The number of anilines is 1. The fourth-order valence-electron chi connectivity index (χ4n) is 2.60. The molecular formula is C16H24N4O2. The molecule has 22 heavy (non-hydrogen) atoms. The van der Waals surface area contributed by atoms with Gasteiger partial charge < -0.3 is 15.5 Å². The normalized spacial score (nSPS) is 16.3. The first-order chi connectivity index (χ1) is 10.3. The molecule has 0 unspecified atom stereocenters. The number of carbonyl (C=O) groups is 2. The van der Waals surface area contributed by atoms with Gasteiger partial charge in [0.2, 0.25) is 5.91 Å². The summed E-state index contributed by atoms with van der Waals surface area (Å²) in [5, 5.41) is 0. The molecule has 1 aromatic heterocycles. The number of nitrogens with two attached hydrogens (primary N) is 1. The second kappa shape index (κ2) is 6.34. The van der Waals surface area contributed by atoms with Gasteiger partial charge in [0.05, 0.1) is 0 Å². The summed E-state index contributed by atoms with van der Waals surface area (Å²) in [6, 6.07) is 3.58. The number of pyridine rings is 1. The predicted octanol–water partition coefficient (Wildman–Crippen LogP) is 1.27. The quantitative estimate of drug-likeness (QED) is 0.892. The number of nitrogens with zero attached hydrogens (tertiary/aromatic N) is 3. The molecule has 1 aliphatic rings. The Bertz CT molecular complexity index is 566. The predicted molar refractivity (Wildman–Crippen MR) is 85.6 cm³/mol. The minimum atomic E-state index is -0.527. The van der Waals surface area contributed by atoms with E-state index in [1.54, 1.807) is 12.3 Å². The van der Waals surface area contributed by atoms with Crippen LogP contribution >= 0.6 is 0 Å². The SMILES string of the molecule is CC(C)(C)C(=O)N1CCCN(c2ccnc(C(N)=O)c2)CC1.